The Morgan fingerprint density at radius 2 is 1.73 bits per heavy atom. The quantitative estimate of drug-likeness (QED) is 0.247. The van der Waals surface area contributed by atoms with Crippen molar-refractivity contribution < 1.29 is 14.4 Å². The monoisotopic (exact) mass is 690 g/mol. The van der Waals surface area contributed by atoms with E-state index in [9.17, 15) is 14.4 Å². The fourth-order valence-electron chi connectivity index (χ4n) is 8.16. The molecule has 266 valence electrons. The molecule has 4 fully saturated rings. The number of carbonyl (C=O) groups is 3. The molecule has 4 aromatic rings. The zero-order chi connectivity index (χ0) is 35.1. The van der Waals surface area contributed by atoms with Gasteiger partial charge in [0.25, 0.3) is 5.91 Å². The molecule has 6 heterocycles. The predicted molar refractivity (Wildman–Crippen MR) is 196 cm³/mol. The van der Waals surface area contributed by atoms with E-state index < -0.39 is 0 Å². The number of nitrogens with zero attached hydrogens (tertiary/aromatic N) is 8. The van der Waals surface area contributed by atoms with Gasteiger partial charge in [0.2, 0.25) is 17.8 Å². The molecule has 1 aromatic carbocycles. The second-order valence-electron chi connectivity index (χ2n) is 14.7. The highest BCUT2D eigenvalue weighted by atomic mass is 16.2. The Labute approximate surface area is 298 Å². The van der Waals surface area contributed by atoms with Crippen molar-refractivity contribution in [2.24, 2.45) is 5.92 Å². The van der Waals surface area contributed by atoms with Crippen molar-refractivity contribution in [3.05, 3.63) is 66.1 Å². The van der Waals surface area contributed by atoms with Crippen LogP contribution in [0.3, 0.4) is 0 Å². The van der Waals surface area contributed by atoms with E-state index in [1.54, 1.807) is 25.2 Å². The largest absolute Gasteiger partial charge is 0.371 e. The normalized spacial score (nSPS) is 20.5. The number of imide groups is 1. The zero-order valence-corrected chi connectivity index (χ0v) is 29.4. The summed E-state index contributed by atoms with van der Waals surface area (Å²) in [5.74, 6) is 1.13. The summed E-state index contributed by atoms with van der Waals surface area (Å²) in [6.45, 7) is 7.02. The number of nitrogens with one attached hydrogen (secondary N) is 2. The summed E-state index contributed by atoms with van der Waals surface area (Å²) in [7, 11) is 3.57. The molecule has 3 aliphatic heterocycles. The first kappa shape index (κ1) is 33.1. The Hall–Kier alpha value is -5.04. The number of carbonyl (C=O) groups excluding carboxylic acids is 3. The maximum Gasteiger partial charge on any atom is 0.270 e. The van der Waals surface area contributed by atoms with Crippen molar-refractivity contribution in [2.75, 3.05) is 75.0 Å². The molecule has 1 aliphatic carbocycles. The molecule has 0 bridgehead atoms. The van der Waals surface area contributed by atoms with E-state index in [1.807, 2.05) is 30.5 Å². The van der Waals surface area contributed by atoms with Gasteiger partial charge in [0, 0.05) is 95.6 Å². The molecule has 1 saturated carbocycles. The van der Waals surface area contributed by atoms with Gasteiger partial charge in [-0.05, 0) is 55.2 Å². The number of benzene rings is 1. The number of hydrogen-bond donors (Lipinski definition) is 2. The molecule has 3 aromatic heterocycles. The fourth-order valence-corrected chi connectivity index (χ4v) is 8.16. The van der Waals surface area contributed by atoms with Crippen molar-refractivity contribution >= 4 is 51.9 Å². The van der Waals surface area contributed by atoms with Crippen LogP contribution in [0.15, 0.2) is 54.9 Å². The molecule has 13 nitrogen and oxygen atoms in total. The summed E-state index contributed by atoms with van der Waals surface area (Å²) in [6, 6.07) is 14.5. The van der Waals surface area contributed by atoms with E-state index in [4.69, 9.17) is 9.97 Å². The molecule has 8 rings (SSSR count). The van der Waals surface area contributed by atoms with E-state index in [-0.39, 0.29) is 29.7 Å². The standard InChI is InChI=1S/C38H46N10O3/c1-44(2)37(51)32-19-27-20-40-38(43-35(27)48(32)28-7-3-4-8-28)41-33-12-10-30(21-39-33)46-16-14-45(15-17-46)22-25-23-47(24-25)29-9-5-6-26(18-29)31-11-13-34(49)42-36(31)50/h5-6,9-10,12,18-21,25,28,31H,3-4,7-8,11,13-17,22-24H2,1-2H3,(H,42,49,50)(H,39,40,41,43). The Kier molecular flexibility index (Phi) is 9.05. The van der Waals surface area contributed by atoms with Gasteiger partial charge in [-0.1, -0.05) is 25.0 Å². The van der Waals surface area contributed by atoms with Crippen LogP contribution in [0.2, 0.25) is 0 Å². The van der Waals surface area contributed by atoms with Crippen molar-refractivity contribution in [3.63, 3.8) is 0 Å². The molecule has 3 amide bonds. The van der Waals surface area contributed by atoms with Crippen LogP contribution in [0.1, 0.15) is 66.5 Å². The maximum atomic E-state index is 13.0. The molecule has 1 unspecified atom stereocenters. The lowest BCUT2D eigenvalue weighted by molar-refractivity contribution is -0.134. The summed E-state index contributed by atoms with van der Waals surface area (Å²) in [6.07, 6.45) is 9.09. The van der Waals surface area contributed by atoms with Crippen LogP contribution in [-0.4, -0.2) is 107 Å². The third-order valence-corrected chi connectivity index (χ3v) is 11.0. The van der Waals surface area contributed by atoms with Crippen LogP contribution in [0.25, 0.3) is 11.0 Å². The zero-order valence-electron chi connectivity index (χ0n) is 29.4. The number of rotatable bonds is 9. The maximum absolute atomic E-state index is 13.0. The van der Waals surface area contributed by atoms with Crippen LogP contribution < -0.4 is 20.4 Å². The average molecular weight is 691 g/mol. The Morgan fingerprint density at radius 1 is 0.922 bits per heavy atom. The molecule has 13 heteroatoms. The van der Waals surface area contributed by atoms with E-state index >= 15 is 0 Å². The molecule has 4 aliphatic rings. The number of amides is 3. The molecule has 3 saturated heterocycles. The van der Waals surface area contributed by atoms with Crippen LogP contribution in [0.4, 0.5) is 23.1 Å². The highest BCUT2D eigenvalue weighted by Gasteiger charge is 2.32. The molecule has 2 N–H and O–H groups in total. The highest BCUT2D eigenvalue weighted by Crippen LogP contribution is 2.35. The first-order chi connectivity index (χ1) is 24.8. The number of aromatic nitrogens is 4. The average Bonchev–Trinajstić information content (AvgIpc) is 3.78. The molecule has 1 atom stereocenters. The van der Waals surface area contributed by atoms with Gasteiger partial charge in [0.15, 0.2) is 0 Å². The summed E-state index contributed by atoms with van der Waals surface area (Å²) < 4.78 is 2.12. The minimum Gasteiger partial charge on any atom is -0.371 e. The van der Waals surface area contributed by atoms with Crippen LogP contribution in [0.5, 0.6) is 0 Å². The Bertz CT molecular complexity index is 1920. The number of hydrogen-bond acceptors (Lipinski definition) is 10. The van der Waals surface area contributed by atoms with Crippen LogP contribution in [-0.2, 0) is 9.59 Å². The number of piperidine rings is 1. The van der Waals surface area contributed by atoms with E-state index in [0.29, 0.717) is 36.2 Å². The Balaban J connectivity index is 0.835. The van der Waals surface area contributed by atoms with Gasteiger partial charge in [-0.2, -0.15) is 4.98 Å². The molecule has 51 heavy (non-hydrogen) atoms. The number of fused-ring (bicyclic) bond motifs is 1. The molecular formula is C38H46N10O3. The minimum absolute atomic E-state index is 0.0197. The first-order valence-electron chi connectivity index (χ1n) is 18.3. The SMILES string of the molecule is CN(C)C(=O)c1cc2cnc(Nc3ccc(N4CCN(CC5CN(c6cccc(C7CCC(=O)NC7=O)c6)C5)CC4)cn3)nc2n1C1CCCC1. The fraction of sp³-hybridized carbons (Fsp3) is 0.474. The van der Waals surface area contributed by atoms with Gasteiger partial charge in [-0.25, -0.2) is 9.97 Å². The second kappa shape index (κ2) is 13.9. The third kappa shape index (κ3) is 6.86. The second-order valence-corrected chi connectivity index (χ2v) is 14.7. The topological polar surface area (TPSA) is 132 Å². The Morgan fingerprint density at radius 3 is 2.45 bits per heavy atom. The van der Waals surface area contributed by atoms with Crippen molar-refractivity contribution in [1.29, 1.82) is 0 Å². The molecular weight excluding hydrogens is 644 g/mol. The van der Waals surface area contributed by atoms with Crippen LogP contribution >= 0.6 is 0 Å². The van der Waals surface area contributed by atoms with Gasteiger partial charge >= 0.3 is 0 Å². The lowest BCUT2D eigenvalue weighted by atomic mass is 9.89. The summed E-state index contributed by atoms with van der Waals surface area (Å²) in [4.78, 5) is 60.1. The summed E-state index contributed by atoms with van der Waals surface area (Å²) in [5.41, 5.74) is 4.69. The van der Waals surface area contributed by atoms with Gasteiger partial charge in [0.1, 0.15) is 17.2 Å². The number of anilines is 4. The summed E-state index contributed by atoms with van der Waals surface area (Å²) >= 11 is 0. The predicted octanol–water partition coefficient (Wildman–Crippen LogP) is 4.17. The number of pyridine rings is 1. The summed E-state index contributed by atoms with van der Waals surface area (Å²) in [5, 5.41) is 6.63. The lowest BCUT2D eigenvalue weighted by Crippen LogP contribution is -2.55. The minimum atomic E-state index is -0.252. The van der Waals surface area contributed by atoms with E-state index in [0.717, 1.165) is 99.5 Å². The van der Waals surface area contributed by atoms with Gasteiger partial charge in [-0.15, -0.1) is 0 Å². The number of piperazine rings is 1. The van der Waals surface area contributed by atoms with Gasteiger partial charge < -0.3 is 24.6 Å². The van der Waals surface area contributed by atoms with E-state index in [2.05, 4.69) is 53.1 Å². The first-order valence-corrected chi connectivity index (χ1v) is 18.3. The van der Waals surface area contributed by atoms with Crippen molar-refractivity contribution in [2.45, 2.75) is 50.5 Å². The van der Waals surface area contributed by atoms with Crippen molar-refractivity contribution in [3.8, 4) is 0 Å². The van der Waals surface area contributed by atoms with E-state index in [1.165, 1.54) is 0 Å². The third-order valence-electron chi connectivity index (χ3n) is 11.0. The molecule has 0 radical (unpaired) electrons. The van der Waals surface area contributed by atoms with Gasteiger partial charge in [-0.3, -0.25) is 24.6 Å². The highest BCUT2D eigenvalue weighted by molar-refractivity contribution is 6.01. The lowest BCUT2D eigenvalue weighted by Gasteiger charge is -2.45. The van der Waals surface area contributed by atoms with Crippen molar-refractivity contribution in [1.82, 2.24) is 34.6 Å². The molecule has 0 spiro atoms. The smallest absolute Gasteiger partial charge is 0.270 e. The van der Waals surface area contributed by atoms with Crippen LogP contribution in [0, 0.1) is 5.92 Å². The van der Waals surface area contributed by atoms with Gasteiger partial charge in [0.05, 0.1) is 17.8 Å².